The summed E-state index contributed by atoms with van der Waals surface area (Å²) in [6.45, 7) is 2.52. The highest BCUT2D eigenvalue weighted by molar-refractivity contribution is 5.88. The fraction of sp³-hybridized carbons (Fsp3) is 0.353. The molecule has 2 amide bonds. The van der Waals surface area contributed by atoms with E-state index in [1.807, 2.05) is 37.4 Å². The zero-order valence-electron chi connectivity index (χ0n) is 13.3. The second-order valence-corrected chi connectivity index (χ2v) is 5.84. The number of likely N-dealkylation sites (N-methyl/N-ethyl adjacent to an activating group) is 1. The maximum atomic E-state index is 12.7. The fourth-order valence-corrected chi connectivity index (χ4v) is 2.97. The van der Waals surface area contributed by atoms with Crippen LogP contribution < -0.4 is 5.32 Å². The topological polar surface area (TPSA) is 67.2 Å². The number of hydrogen-bond acceptors (Lipinski definition) is 3. The van der Waals surface area contributed by atoms with Gasteiger partial charge in [-0.25, -0.2) is 0 Å². The minimum atomic E-state index is -0.473. The Morgan fingerprint density at radius 1 is 1.30 bits per heavy atom. The summed E-state index contributed by atoms with van der Waals surface area (Å²) in [4.78, 5) is 26.6. The van der Waals surface area contributed by atoms with Gasteiger partial charge in [0.1, 0.15) is 12.6 Å². The molecule has 2 aromatic rings. The summed E-state index contributed by atoms with van der Waals surface area (Å²) >= 11 is 0. The summed E-state index contributed by atoms with van der Waals surface area (Å²) in [5.41, 5.74) is 3.22. The molecule has 1 aliphatic rings. The minimum absolute atomic E-state index is 0.101. The lowest BCUT2D eigenvalue weighted by Crippen LogP contribution is -2.52. The molecule has 1 aromatic carbocycles. The van der Waals surface area contributed by atoms with E-state index in [-0.39, 0.29) is 18.4 Å². The second-order valence-electron chi connectivity index (χ2n) is 5.84. The van der Waals surface area contributed by atoms with E-state index >= 15 is 0 Å². The highest BCUT2D eigenvalue weighted by Crippen LogP contribution is 2.23. The van der Waals surface area contributed by atoms with Gasteiger partial charge in [-0.05, 0) is 23.6 Å². The third-order valence-corrected chi connectivity index (χ3v) is 4.18. The van der Waals surface area contributed by atoms with E-state index in [0.29, 0.717) is 13.0 Å². The Morgan fingerprint density at radius 2 is 2.04 bits per heavy atom. The van der Waals surface area contributed by atoms with Crippen LogP contribution in [0.4, 0.5) is 0 Å². The molecular formula is C17H20N4O2. The predicted molar refractivity (Wildman–Crippen MR) is 85.5 cm³/mol. The average Bonchev–Trinajstić information content (AvgIpc) is 2.97. The molecule has 23 heavy (non-hydrogen) atoms. The van der Waals surface area contributed by atoms with Crippen molar-refractivity contribution in [2.75, 3.05) is 7.05 Å². The molecule has 1 aliphatic heterocycles. The minimum Gasteiger partial charge on any atom is -0.357 e. The quantitative estimate of drug-likeness (QED) is 0.915. The molecule has 1 atom stereocenters. The first-order valence-corrected chi connectivity index (χ1v) is 7.65. The largest absolute Gasteiger partial charge is 0.357 e. The van der Waals surface area contributed by atoms with Gasteiger partial charge >= 0.3 is 0 Å². The highest BCUT2D eigenvalue weighted by atomic mass is 16.2. The lowest BCUT2D eigenvalue weighted by atomic mass is 9.93. The van der Waals surface area contributed by atoms with Gasteiger partial charge in [-0.3, -0.25) is 14.3 Å². The number of rotatable bonds is 3. The molecule has 3 rings (SSSR count). The second kappa shape index (κ2) is 6.24. The Labute approximate surface area is 135 Å². The zero-order chi connectivity index (χ0) is 16.4. The van der Waals surface area contributed by atoms with E-state index in [1.165, 1.54) is 0 Å². The highest BCUT2D eigenvalue weighted by Gasteiger charge is 2.34. The number of amides is 2. The van der Waals surface area contributed by atoms with Gasteiger partial charge in [0.2, 0.25) is 11.8 Å². The number of hydrogen-bond donors (Lipinski definition) is 1. The van der Waals surface area contributed by atoms with Crippen molar-refractivity contribution in [3.63, 3.8) is 0 Å². The summed E-state index contributed by atoms with van der Waals surface area (Å²) in [5, 5.41) is 6.82. The molecule has 0 saturated carbocycles. The molecule has 6 heteroatoms. The van der Waals surface area contributed by atoms with Gasteiger partial charge in [-0.2, -0.15) is 5.10 Å². The van der Waals surface area contributed by atoms with Gasteiger partial charge in [0.15, 0.2) is 0 Å². The van der Waals surface area contributed by atoms with Crippen molar-refractivity contribution in [1.82, 2.24) is 20.0 Å². The van der Waals surface area contributed by atoms with E-state index in [0.717, 1.165) is 16.7 Å². The van der Waals surface area contributed by atoms with Crippen LogP contribution in [0.2, 0.25) is 0 Å². The van der Waals surface area contributed by atoms with Crippen LogP contribution in [0, 0.1) is 6.92 Å². The van der Waals surface area contributed by atoms with Crippen LogP contribution in [0.15, 0.2) is 36.7 Å². The summed E-state index contributed by atoms with van der Waals surface area (Å²) in [5.74, 6) is -0.235. The smallest absolute Gasteiger partial charge is 0.245 e. The number of benzene rings is 1. The average molecular weight is 312 g/mol. The first-order valence-electron chi connectivity index (χ1n) is 7.65. The molecular weight excluding hydrogens is 292 g/mol. The van der Waals surface area contributed by atoms with E-state index in [9.17, 15) is 9.59 Å². The van der Waals surface area contributed by atoms with Gasteiger partial charge in [-0.15, -0.1) is 0 Å². The standard InChI is InChI=1S/C17H20N4O2/c1-12-8-19-20(9-12)11-16(22)21-10-14-6-4-3-5-13(14)7-15(21)17(23)18-2/h3-6,8-9,15H,7,10-11H2,1-2H3,(H,18,23)/t15-/m1/s1. The maximum Gasteiger partial charge on any atom is 0.245 e. The number of aromatic nitrogens is 2. The molecule has 1 aromatic heterocycles. The van der Waals surface area contributed by atoms with Crippen molar-refractivity contribution < 1.29 is 9.59 Å². The van der Waals surface area contributed by atoms with Crippen LogP contribution >= 0.6 is 0 Å². The van der Waals surface area contributed by atoms with Crippen LogP contribution in [-0.2, 0) is 29.1 Å². The first-order chi connectivity index (χ1) is 11.1. The summed E-state index contributed by atoms with van der Waals surface area (Å²) in [7, 11) is 1.60. The van der Waals surface area contributed by atoms with Crippen molar-refractivity contribution in [3.05, 3.63) is 53.3 Å². The summed E-state index contributed by atoms with van der Waals surface area (Å²) < 4.78 is 1.61. The predicted octanol–water partition coefficient (Wildman–Crippen LogP) is 0.891. The van der Waals surface area contributed by atoms with Crippen molar-refractivity contribution >= 4 is 11.8 Å². The van der Waals surface area contributed by atoms with Crippen LogP contribution in [0.1, 0.15) is 16.7 Å². The molecule has 120 valence electrons. The van der Waals surface area contributed by atoms with Crippen LogP contribution in [0.25, 0.3) is 0 Å². The number of carbonyl (C=O) groups is 2. The van der Waals surface area contributed by atoms with Crippen molar-refractivity contribution in [2.45, 2.75) is 32.5 Å². The molecule has 0 spiro atoms. The summed E-state index contributed by atoms with van der Waals surface area (Å²) in [6.07, 6.45) is 4.08. The number of carbonyl (C=O) groups excluding carboxylic acids is 2. The third kappa shape index (κ3) is 3.11. The molecule has 0 bridgehead atoms. The number of aryl methyl sites for hydroxylation is 1. The Bertz CT molecular complexity index is 738. The fourth-order valence-electron chi connectivity index (χ4n) is 2.97. The molecule has 2 heterocycles. The molecule has 0 aliphatic carbocycles. The number of nitrogens with one attached hydrogen (secondary N) is 1. The van der Waals surface area contributed by atoms with E-state index < -0.39 is 6.04 Å². The Kier molecular flexibility index (Phi) is 4.14. The first kappa shape index (κ1) is 15.3. The van der Waals surface area contributed by atoms with Gasteiger partial charge < -0.3 is 10.2 Å². The van der Waals surface area contributed by atoms with Gasteiger partial charge in [0.25, 0.3) is 0 Å². The third-order valence-electron chi connectivity index (χ3n) is 4.18. The van der Waals surface area contributed by atoms with Crippen LogP contribution in [-0.4, -0.2) is 39.6 Å². The molecule has 0 radical (unpaired) electrons. The lowest BCUT2D eigenvalue weighted by molar-refractivity contribution is -0.142. The van der Waals surface area contributed by atoms with Crippen LogP contribution in [0.5, 0.6) is 0 Å². The summed E-state index contributed by atoms with van der Waals surface area (Å²) in [6, 6.07) is 7.47. The molecule has 0 unspecified atom stereocenters. The van der Waals surface area contributed by atoms with Crippen molar-refractivity contribution in [1.29, 1.82) is 0 Å². The normalized spacial score (nSPS) is 16.8. The molecule has 6 nitrogen and oxygen atoms in total. The van der Waals surface area contributed by atoms with E-state index in [1.54, 1.807) is 22.8 Å². The van der Waals surface area contributed by atoms with Crippen molar-refractivity contribution in [3.8, 4) is 0 Å². The SMILES string of the molecule is CNC(=O)[C@H]1Cc2ccccc2CN1C(=O)Cn1cc(C)cn1. The van der Waals surface area contributed by atoms with Gasteiger partial charge in [0.05, 0.1) is 6.20 Å². The number of fused-ring (bicyclic) bond motifs is 1. The molecule has 0 saturated heterocycles. The van der Waals surface area contributed by atoms with Gasteiger partial charge in [0, 0.05) is 26.2 Å². The zero-order valence-corrected chi connectivity index (χ0v) is 13.3. The Hall–Kier alpha value is -2.63. The van der Waals surface area contributed by atoms with E-state index in [4.69, 9.17) is 0 Å². The lowest BCUT2D eigenvalue weighted by Gasteiger charge is -2.35. The molecule has 0 fully saturated rings. The monoisotopic (exact) mass is 312 g/mol. The number of nitrogens with zero attached hydrogens (tertiary/aromatic N) is 3. The molecule has 1 N–H and O–H groups in total. The Balaban J connectivity index is 1.85. The van der Waals surface area contributed by atoms with Crippen molar-refractivity contribution in [2.24, 2.45) is 0 Å². The van der Waals surface area contributed by atoms with E-state index in [2.05, 4.69) is 10.4 Å². The maximum absolute atomic E-state index is 12.7. The van der Waals surface area contributed by atoms with Gasteiger partial charge in [-0.1, -0.05) is 24.3 Å². The van der Waals surface area contributed by atoms with Crippen LogP contribution in [0.3, 0.4) is 0 Å². The Morgan fingerprint density at radius 3 is 2.70 bits per heavy atom.